The van der Waals surface area contributed by atoms with Crippen molar-refractivity contribution in [3.05, 3.63) is 40.0 Å². The van der Waals surface area contributed by atoms with E-state index in [2.05, 4.69) is 15.3 Å². The molecule has 1 saturated heterocycles. The standard InChI is InChI=1S/C17H21N5O2S/c1-11-4-5-14(19-8-11)21-16(23)12-3-2-6-22(9-12)17(24)13-10-25-15(7-18)20-13/h4-5,8,10,12H,2-3,6-7,9,18H2,1H3,(H,19,21,23). The van der Waals surface area contributed by atoms with Crippen LogP contribution in [0.5, 0.6) is 0 Å². The molecule has 8 heteroatoms. The van der Waals surface area contributed by atoms with Crippen molar-refractivity contribution in [2.24, 2.45) is 11.7 Å². The van der Waals surface area contributed by atoms with Gasteiger partial charge in [0, 0.05) is 31.2 Å². The summed E-state index contributed by atoms with van der Waals surface area (Å²) >= 11 is 1.38. The van der Waals surface area contributed by atoms with E-state index in [1.165, 1.54) is 11.3 Å². The lowest BCUT2D eigenvalue weighted by molar-refractivity contribution is -0.121. The van der Waals surface area contributed by atoms with E-state index in [0.29, 0.717) is 31.1 Å². The van der Waals surface area contributed by atoms with Crippen LogP contribution in [-0.2, 0) is 11.3 Å². The van der Waals surface area contributed by atoms with E-state index in [-0.39, 0.29) is 17.7 Å². The lowest BCUT2D eigenvalue weighted by atomic mass is 9.97. The Labute approximate surface area is 150 Å². The van der Waals surface area contributed by atoms with Crippen molar-refractivity contribution in [2.75, 3.05) is 18.4 Å². The molecule has 2 aromatic rings. The number of hydrogen-bond acceptors (Lipinski definition) is 6. The quantitative estimate of drug-likeness (QED) is 0.867. The van der Waals surface area contributed by atoms with Gasteiger partial charge in [-0.1, -0.05) is 6.07 Å². The Hall–Kier alpha value is -2.32. The van der Waals surface area contributed by atoms with Gasteiger partial charge in [0.25, 0.3) is 5.91 Å². The first kappa shape index (κ1) is 17.5. The molecule has 0 saturated carbocycles. The Bertz CT molecular complexity index is 759. The summed E-state index contributed by atoms with van der Waals surface area (Å²) in [5.41, 5.74) is 6.99. The highest BCUT2D eigenvalue weighted by Crippen LogP contribution is 2.21. The van der Waals surface area contributed by atoms with Crippen LogP contribution in [0.25, 0.3) is 0 Å². The maximum absolute atomic E-state index is 12.6. The number of piperidine rings is 1. The lowest BCUT2D eigenvalue weighted by Gasteiger charge is -2.31. The molecule has 7 nitrogen and oxygen atoms in total. The van der Waals surface area contributed by atoms with Crippen LogP contribution < -0.4 is 11.1 Å². The highest BCUT2D eigenvalue weighted by Gasteiger charge is 2.30. The van der Waals surface area contributed by atoms with Crippen LogP contribution in [0, 0.1) is 12.8 Å². The van der Waals surface area contributed by atoms with E-state index in [0.717, 1.165) is 23.4 Å². The maximum atomic E-state index is 12.6. The topological polar surface area (TPSA) is 101 Å². The molecule has 1 fully saturated rings. The van der Waals surface area contributed by atoms with Gasteiger partial charge in [-0.05, 0) is 31.4 Å². The summed E-state index contributed by atoms with van der Waals surface area (Å²) in [6.07, 6.45) is 3.26. The highest BCUT2D eigenvalue weighted by atomic mass is 32.1. The molecule has 0 bridgehead atoms. The number of nitrogens with one attached hydrogen (secondary N) is 1. The van der Waals surface area contributed by atoms with Crippen LogP contribution in [0.3, 0.4) is 0 Å². The average molecular weight is 359 g/mol. The Balaban J connectivity index is 1.62. The molecule has 1 atom stereocenters. The van der Waals surface area contributed by atoms with Gasteiger partial charge in [-0.25, -0.2) is 9.97 Å². The first-order valence-corrected chi connectivity index (χ1v) is 9.12. The van der Waals surface area contributed by atoms with Crippen molar-refractivity contribution in [3.8, 4) is 0 Å². The number of pyridine rings is 1. The van der Waals surface area contributed by atoms with Crippen molar-refractivity contribution in [3.63, 3.8) is 0 Å². The molecule has 0 aliphatic carbocycles. The number of carbonyl (C=O) groups is 2. The van der Waals surface area contributed by atoms with E-state index < -0.39 is 0 Å². The molecule has 25 heavy (non-hydrogen) atoms. The number of nitrogens with zero attached hydrogens (tertiary/aromatic N) is 3. The average Bonchev–Trinajstić information content (AvgIpc) is 3.12. The van der Waals surface area contributed by atoms with Crippen molar-refractivity contribution in [1.29, 1.82) is 0 Å². The van der Waals surface area contributed by atoms with Gasteiger partial charge in [-0.3, -0.25) is 9.59 Å². The Morgan fingerprint density at radius 2 is 2.28 bits per heavy atom. The number of nitrogens with two attached hydrogens (primary N) is 1. The number of thiazole rings is 1. The molecular formula is C17H21N5O2S. The minimum absolute atomic E-state index is 0.102. The number of aryl methyl sites for hydroxylation is 1. The van der Waals surface area contributed by atoms with Crippen LogP contribution in [-0.4, -0.2) is 39.8 Å². The Morgan fingerprint density at radius 3 is 2.96 bits per heavy atom. The molecule has 3 heterocycles. The molecule has 0 radical (unpaired) electrons. The van der Waals surface area contributed by atoms with E-state index in [9.17, 15) is 9.59 Å². The van der Waals surface area contributed by atoms with Gasteiger partial charge in [0.1, 0.15) is 16.5 Å². The van der Waals surface area contributed by atoms with Crippen molar-refractivity contribution >= 4 is 29.0 Å². The first-order valence-electron chi connectivity index (χ1n) is 8.24. The first-order chi connectivity index (χ1) is 12.1. The molecule has 1 unspecified atom stereocenters. The minimum Gasteiger partial charge on any atom is -0.336 e. The lowest BCUT2D eigenvalue weighted by Crippen LogP contribution is -2.44. The van der Waals surface area contributed by atoms with Gasteiger partial charge < -0.3 is 16.0 Å². The van der Waals surface area contributed by atoms with Gasteiger partial charge in [0.05, 0.1) is 5.92 Å². The summed E-state index contributed by atoms with van der Waals surface area (Å²) in [4.78, 5) is 35.2. The third-order valence-electron chi connectivity index (χ3n) is 4.19. The zero-order valence-corrected chi connectivity index (χ0v) is 14.9. The maximum Gasteiger partial charge on any atom is 0.273 e. The zero-order chi connectivity index (χ0) is 17.8. The predicted molar refractivity (Wildman–Crippen MR) is 96.2 cm³/mol. The van der Waals surface area contributed by atoms with Crippen molar-refractivity contribution in [2.45, 2.75) is 26.3 Å². The molecule has 1 aliphatic heterocycles. The monoisotopic (exact) mass is 359 g/mol. The molecule has 0 spiro atoms. The summed E-state index contributed by atoms with van der Waals surface area (Å²) < 4.78 is 0. The van der Waals surface area contributed by atoms with Gasteiger partial charge in [0.15, 0.2) is 0 Å². The van der Waals surface area contributed by atoms with Crippen LogP contribution in [0.2, 0.25) is 0 Å². The summed E-state index contributed by atoms with van der Waals surface area (Å²) in [5.74, 6) is 0.0521. The molecule has 1 aliphatic rings. The summed E-state index contributed by atoms with van der Waals surface area (Å²) in [5, 5.41) is 5.30. The molecule has 0 aromatic carbocycles. The number of hydrogen-bond donors (Lipinski definition) is 2. The zero-order valence-electron chi connectivity index (χ0n) is 14.1. The summed E-state index contributed by atoms with van der Waals surface area (Å²) in [6.45, 7) is 3.30. The normalized spacial score (nSPS) is 17.4. The van der Waals surface area contributed by atoms with Crippen molar-refractivity contribution < 1.29 is 9.59 Å². The van der Waals surface area contributed by atoms with Gasteiger partial charge >= 0.3 is 0 Å². The second kappa shape index (κ2) is 7.71. The summed E-state index contributed by atoms with van der Waals surface area (Å²) in [6, 6.07) is 3.68. The number of anilines is 1. The van der Waals surface area contributed by atoms with Crippen LogP contribution in [0.15, 0.2) is 23.7 Å². The Kier molecular flexibility index (Phi) is 5.40. The van der Waals surface area contributed by atoms with Gasteiger partial charge in [0.2, 0.25) is 5.91 Å². The second-order valence-corrected chi connectivity index (χ2v) is 7.07. The fourth-order valence-corrected chi connectivity index (χ4v) is 3.46. The number of likely N-dealkylation sites (tertiary alicyclic amines) is 1. The number of amides is 2. The third kappa shape index (κ3) is 4.21. The van der Waals surface area contributed by atoms with E-state index >= 15 is 0 Å². The molecule has 3 N–H and O–H groups in total. The molecule has 132 valence electrons. The fraction of sp³-hybridized carbons (Fsp3) is 0.412. The van der Waals surface area contributed by atoms with Crippen LogP contribution in [0.1, 0.15) is 33.9 Å². The van der Waals surface area contributed by atoms with E-state index in [1.54, 1.807) is 22.5 Å². The number of carbonyl (C=O) groups excluding carboxylic acids is 2. The van der Waals surface area contributed by atoms with E-state index in [4.69, 9.17) is 5.73 Å². The van der Waals surface area contributed by atoms with Crippen molar-refractivity contribution in [1.82, 2.24) is 14.9 Å². The molecular weight excluding hydrogens is 338 g/mol. The Morgan fingerprint density at radius 1 is 1.44 bits per heavy atom. The smallest absolute Gasteiger partial charge is 0.273 e. The minimum atomic E-state index is -0.242. The van der Waals surface area contributed by atoms with E-state index in [1.807, 2.05) is 13.0 Å². The number of rotatable bonds is 4. The number of aromatic nitrogens is 2. The highest BCUT2D eigenvalue weighted by molar-refractivity contribution is 7.09. The SMILES string of the molecule is Cc1ccc(NC(=O)C2CCCN(C(=O)c3csc(CN)n3)C2)nc1. The molecule has 3 rings (SSSR count). The second-order valence-electron chi connectivity index (χ2n) is 6.13. The largest absolute Gasteiger partial charge is 0.336 e. The predicted octanol–water partition coefficient (Wildman–Crippen LogP) is 1.80. The van der Waals surface area contributed by atoms with Crippen LogP contribution >= 0.6 is 11.3 Å². The van der Waals surface area contributed by atoms with Gasteiger partial charge in [-0.15, -0.1) is 11.3 Å². The van der Waals surface area contributed by atoms with Gasteiger partial charge in [-0.2, -0.15) is 0 Å². The summed E-state index contributed by atoms with van der Waals surface area (Å²) in [7, 11) is 0. The fourth-order valence-electron chi connectivity index (χ4n) is 2.81. The van der Waals surface area contributed by atoms with Crippen LogP contribution in [0.4, 0.5) is 5.82 Å². The molecule has 2 aromatic heterocycles. The molecule has 2 amide bonds. The third-order valence-corrected chi connectivity index (χ3v) is 5.06.